The number of aromatic hydroxyl groups is 1. The smallest absolute Gasteiger partial charge is 0.337 e. The normalized spacial score (nSPS) is 12.4. The number of anilines is 4. The first-order valence-electron chi connectivity index (χ1n) is 14.9. The Balaban J connectivity index is 1.51. The van der Waals surface area contributed by atoms with E-state index >= 15 is 0 Å². The van der Waals surface area contributed by atoms with Crippen LogP contribution in [0.3, 0.4) is 0 Å². The molecular weight excluding hydrogens is 862 g/mol. The SMILES string of the molecule is O=C(O)c1cc(S(=O)(=O)O)ccc1Nc1nc(Cl)nc(Nc2cc(S(=O)(=O)O)cc3cc(SOOO)c(/N=N/c4ccc5ccccc5c4S(=O)(=O)O)c(O)c23)n1. The van der Waals surface area contributed by atoms with Gasteiger partial charge in [-0.05, 0) is 64.8 Å². The average Bonchev–Trinajstić information content (AvgIpc) is 3.11. The molecular formula is C30H20ClN7O15S4. The third-order valence-electron chi connectivity index (χ3n) is 7.57. The summed E-state index contributed by atoms with van der Waals surface area (Å²) in [5.74, 6) is -3.40. The molecule has 27 heteroatoms. The summed E-state index contributed by atoms with van der Waals surface area (Å²) in [6, 6.07) is 14.2. The lowest BCUT2D eigenvalue weighted by atomic mass is 10.1. The Hall–Kier alpha value is -5.65. The van der Waals surface area contributed by atoms with Crippen LogP contribution in [0.15, 0.2) is 103 Å². The fraction of sp³-hybridized carbons (Fsp3) is 0. The van der Waals surface area contributed by atoms with Crippen molar-refractivity contribution in [2.45, 2.75) is 19.6 Å². The molecule has 0 aliphatic rings. The van der Waals surface area contributed by atoms with Gasteiger partial charge < -0.3 is 20.8 Å². The molecule has 0 radical (unpaired) electrons. The van der Waals surface area contributed by atoms with Gasteiger partial charge in [-0.2, -0.15) is 40.2 Å². The molecule has 0 unspecified atom stereocenters. The summed E-state index contributed by atoms with van der Waals surface area (Å²) in [5, 5.41) is 46.4. The number of phenolic OH excluding ortho intramolecular Hbond substituents is 1. The number of azo groups is 1. The molecule has 0 atom stereocenters. The van der Waals surface area contributed by atoms with E-state index < -0.39 is 85.2 Å². The van der Waals surface area contributed by atoms with Crippen LogP contribution in [-0.4, -0.2) is 75.3 Å². The van der Waals surface area contributed by atoms with Gasteiger partial charge in [-0.15, -0.1) is 14.6 Å². The van der Waals surface area contributed by atoms with Gasteiger partial charge in [0, 0.05) is 10.8 Å². The lowest BCUT2D eigenvalue weighted by Crippen LogP contribution is -2.09. The van der Waals surface area contributed by atoms with Crippen LogP contribution in [0.2, 0.25) is 5.28 Å². The average molecular weight is 882 g/mol. The topological polar surface area (TPSA) is 347 Å². The number of benzene rings is 5. The van der Waals surface area contributed by atoms with Crippen LogP contribution >= 0.6 is 23.6 Å². The third kappa shape index (κ3) is 9.00. The van der Waals surface area contributed by atoms with Gasteiger partial charge in [-0.25, -0.2) is 10.1 Å². The van der Waals surface area contributed by atoms with Gasteiger partial charge in [0.2, 0.25) is 17.2 Å². The van der Waals surface area contributed by atoms with E-state index in [0.717, 1.165) is 30.3 Å². The minimum absolute atomic E-state index is 0.0780. The number of rotatable bonds is 13. The zero-order valence-corrected chi connectivity index (χ0v) is 31.6. The van der Waals surface area contributed by atoms with Crippen molar-refractivity contribution in [1.82, 2.24) is 15.0 Å². The van der Waals surface area contributed by atoms with Crippen molar-refractivity contribution in [3.63, 3.8) is 0 Å². The van der Waals surface area contributed by atoms with Gasteiger partial charge in [0.15, 0.2) is 5.75 Å². The minimum atomic E-state index is -4.98. The first kappa shape index (κ1) is 41.0. The van der Waals surface area contributed by atoms with Crippen LogP contribution in [0.25, 0.3) is 21.5 Å². The number of halogens is 1. The van der Waals surface area contributed by atoms with Crippen molar-refractivity contribution >= 4 is 116 Å². The Morgan fingerprint density at radius 3 is 2.05 bits per heavy atom. The summed E-state index contributed by atoms with van der Waals surface area (Å²) in [5.41, 5.74) is -2.19. The first-order valence-corrected chi connectivity index (χ1v) is 20.4. The molecule has 0 aliphatic heterocycles. The van der Waals surface area contributed by atoms with Crippen molar-refractivity contribution in [3.8, 4) is 5.75 Å². The van der Waals surface area contributed by atoms with E-state index in [1.807, 2.05) is 0 Å². The molecule has 0 spiro atoms. The van der Waals surface area contributed by atoms with Crippen molar-refractivity contribution in [1.29, 1.82) is 0 Å². The molecule has 0 aliphatic carbocycles. The Kier molecular flexibility index (Phi) is 11.3. The third-order valence-corrected chi connectivity index (χ3v) is 11.0. The summed E-state index contributed by atoms with van der Waals surface area (Å²) in [6.45, 7) is 0. The minimum Gasteiger partial charge on any atom is -0.505 e. The monoisotopic (exact) mass is 881 g/mol. The highest BCUT2D eigenvalue weighted by molar-refractivity contribution is 7.94. The van der Waals surface area contributed by atoms with E-state index in [4.69, 9.17) is 16.9 Å². The van der Waals surface area contributed by atoms with E-state index in [-0.39, 0.29) is 50.2 Å². The number of nitrogens with zero attached hydrogens (tertiary/aromatic N) is 5. The maximum atomic E-state index is 12.5. The zero-order valence-electron chi connectivity index (χ0n) is 27.5. The van der Waals surface area contributed by atoms with Crippen molar-refractivity contribution < 1.29 is 68.5 Å². The molecule has 1 heterocycles. The van der Waals surface area contributed by atoms with Gasteiger partial charge in [0.1, 0.15) is 16.3 Å². The van der Waals surface area contributed by atoms with Crippen LogP contribution in [0.1, 0.15) is 10.4 Å². The highest BCUT2D eigenvalue weighted by Gasteiger charge is 2.24. The van der Waals surface area contributed by atoms with E-state index in [0.29, 0.717) is 11.5 Å². The summed E-state index contributed by atoms with van der Waals surface area (Å²) in [6.07, 6.45) is 0. The van der Waals surface area contributed by atoms with Crippen molar-refractivity contribution in [2.75, 3.05) is 10.6 Å². The summed E-state index contributed by atoms with van der Waals surface area (Å²) in [7, 11) is -14.7. The van der Waals surface area contributed by atoms with Gasteiger partial charge in [0.05, 0.1) is 43.7 Å². The molecule has 0 amide bonds. The number of nitrogens with one attached hydrogen (secondary N) is 2. The molecule has 0 bridgehead atoms. The molecule has 22 nitrogen and oxygen atoms in total. The Labute approximate surface area is 328 Å². The predicted octanol–water partition coefficient (Wildman–Crippen LogP) is 6.31. The molecule has 0 fully saturated rings. The molecule has 8 N–H and O–H groups in total. The Morgan fingerprint density at radius 1 is 0.754 bits per heavy atom. The highest BCUT2D eigenvalue weighted by atomic mass is 35.5. The fourth-order valence-electron chi connectivity index (χ4n) is 5.28. The second-order valence-corrected chi connectivity index (χ2v) is 16.4. The summed E-state index contributed by atoms with van der Waals surface area (Å²) < 4.78 is 107. The van der Waals surface area contributed by atoms with Crippen LogP contribution in [-0.2, 0) is 39.7 Å². The second-order valence-electron chi connectivity index (χ2n) is 11.1. The number of carboxylic acid groups (broad SMARTS) is 1. The molecule has 1 aromatic heterocycles. The lowest BCUT2D eigenvalue weighted by molar-refractivity contribution is -0.432. The van der Waals surface area contributed by atoms with Crippen LogP contribution in [0.5, 0.6) is 5.75 Å². The number of carbonyl (C=O) groups is 1. The molecule has 0 saturated heterocycles. The van der Waals surface area contributed by atoms with E-state index in [1.54, 1.807) is 12.1 Å². The molecule has 57 heavy (non-hydrogen) atoms. The number of carboxylic acids is 1. The second kappa shape index (κ2) is 15.7. The number of fused-ring (bicyclic) bond motifs is 2. The molecule has 296 valence electrons. The molecule has 5 aromatic carbocycles. The van der Waals surface area contributed by atoms with Gasteiger partial charge >= 0.3 is 5.97 Å². The maximum Gasteiger partial charge on any atom is 0.337 e. The van der Waals surface area contributed by atoms with E-state index in [2.05, 4.69) is 45.2 Å². The van der Waals surface area contributed by atoms with E-state index in [9.17, 15) is 53.9 Å². The predicted molar refractivity (Wildman–Crippen MR) is 199 cm³/mol. The first-order chi connectivity index (χ1) is 26.7. The fourth-order valence-corrected chi connectivity index (χ4v) is 7.82. The zero-order chi connectivity index (χ0) is 41.4. The number of hydrogen-bond donors (Lipinski definition) is 8. The number of aromatic carboxylic acids is 1. The standard InChI is InChI=1S/C30H20ClN7O15S4/c31-28-34-29(32-19-8-6-15(55(43,44)45)11-18(19)27(40)41)36-30(35-28)33-21-12-16(56(46,47)48)9-14-10-22(54-53-52-42)24(25(39)23(14)21)38-37-20-7-5-13-3-1-2-4-17(13)26(20)57(49,50)51/h1-12,39,42H,(H,40,41)(H,43,44,45)(H,46,47,48)(H,49,50,51)(H2,32,33,34,35,36)/b38-37+. The summed E-state index contributed by atoms with van der Waals surface area (Å²) >= 11 is 6.33. The number of aromatic nitrogens is 3. The molecule has 0 saturated carbocycles. The molecule has 6 aromatic rings. The van der Waals surface area contributed by atoms with Crippen molar-refractivity contribution in [2.24, 2.45) is 10.2 Å². The van der Waals surface area contributed by atoms with Crippen LogP contribution in [0.4, 0.5) is 34.6 Å². The largest absolute Gasteiger partial charge is 0.505 e. The van der Waals surface area contributed by atoms with Crippen LogP contribution < -0.4 is 10.6 Å². The van der Waals surface area contributed by atoms with E-state index in [1.165, 1.54) is 24.3 Å². The lowest BCUT2D eigenvalue weighted by Gasteiger charge is -2.15. The van der Waals surface area contributed by atoms with Crippen molar-refractivity contribution in [3.05, 3.63) is 83.6 Å². The Bertz CT molecular complexity index is 3010. The summed E-state index contributed by atoms with van der Waals surface area (Å²) in [4.78, 5) is 21.3. The van der Waals surface area contributed by atoms with Gasteiger partial charge in [-0.3, -0.25) is 13.7 Å². The Morgan fingerprint density at radius 2 is 1.42 bits per heavy atom. The van der Waals surface area contributed by atoms with Gasteiger partial charge in [-0.1, -0.05) is 35.4 Å². The highest BCUT2D eigenvalue weighted by Crippen LogP contribution is 2.48. The number of phenols is 1. The number of hydrogen-bond acceptors (Lipinski definition) is 19. The quantitative estimate of drug-likeness (QED) is 0.0207. The van der Waals surface area contributed by atoms with Crippen LogP contribution in [0, 0.1) is 0 Å². The van der Waals surface area contributed by atoms with Gasteiger partial charge in [0.25, 0.3) is 30.4 Å². The molecule has 6 rings (SSSR count). The maximum absolute atomic E-state index is 12.5.